The van der Waals surface area contributed by atoms with Crippen molar-refractivity contribution in [3.05, 3.63) is 62.7 Å². The largest absolute Gasteiger partial charge is 0.452 e. The zero-order valence-electron chi connectivity index (χ0n) is 12.1. The van der Waals surface area contributed by atoms with Crippen molar-refractivity contribution in [2.45, 2.75) is 25.4 Å². The smallest absolute Gasteiger partial charge is 0.338 e. The van der Waals surface area contributed by atoms with Crippen LogP contribution in [-0.2, 0) is 4.74 Å². The first-order chi connectivity index (χ1) is 11.0. The second-order valence-electron chi connectivity index (χ2n) is 5.30. The van der Waals surface area contributed by atoms with Crippen molar-refractivity contribution >= 4 is 23.3 Å². The Morgan fingerprint density at radius 1 is 1.35 bits per heavy atom. The second-order valence-corrected chi connectivity index (χ2v) is 5.66. The molecule has 1 aliphatic rings. The van der Waals surface area contributed by atoms with E-state index in [1.807, 2.05) is 6.92 Å². The van der Waals surface area contributed by atoms with Gasteiger partial charge in [0.1, 0.15) is 17.6 Å². The summed E-state index contributed by atoms with van der Waals surface area (Å²) in [6.45, 7) is 1.97. The highest BCUT2D eigenvalue weighted by atomic mass is 35.5. The molecule has 0 saturated carbocycles. The van der Waals surface area contributed by atoms with Crippen LogP contribution in [0.4, 0.5) is 5.69 Å². The summed E-state index contributed by atoms with van der Waals surface area (Å²) in [4.78, 5) is 30.4. The maximum atomic E-state index is 12.2. The summed E-state index contributed by atoms with van der Waals surface area (Å²) in [6.07, 6.45) is 1.42. The van der Waals surface area contributed by atoms with Gasteiger partial charge >= 0.3 is 5.97 Å². The predicted molar refractivity (Wildman–Crippen MR) is 81.3 cm³/mol. The van der Waals surface area contributed by atoms with Crippen LogP contribution in [0, 0.1) is 10.1 Å². The third-order valence-electron chi connectivity index (χ3n) is 3.79. The summed E-state index contributed by atoms with van der Waals surface area (Å²) in [7, 11) is 0. The number of nitro groups is 1. The Bertz CT molecular complexity index is 779. The Hall–Kier alpha value is -2.54. The minimum Gasteiger partial charge on any atom is -0.452 e. The minimum absolute atomic E-state index is 0.0825. The number of hydrogen-bond acceptors (Lipinski definition) is 6. The average molecular weight is 334 g/mol. The molecular formula is C15H12ClN3O4. The van der Waals surface area contributed by atoms with Crippen LogP contribution in [0.5, 0.6) is 0 Å². The van der Waals surface area contributed by atoms with E-state index in [-0.39, 0.29) is 17.2 Å². The Morgan fingerprint density at radius 3 is 2.70 bits per heavy atom. The van der Waals surface area contributed by atoms with Gasteiger partial charge in [-0.1, -0.05) is 18.5 Å². The molecule has 1 heterocycles. The fourth-order valence-corrected chi connectivity index (χ4v) is 3.00. The summed E-state index contributed by atoms with van der Waals surface area (Å²) in [5.41, 5.74) is 1.58. The monoisotopic (exact) mass is 333 g/mol. The van der Waals surface area contributed by atoms with Gasteiger partial charge in [0.05, 0.1) is 16.2 Å². The van der Waals surface area contributed by atoms with E-state index in [0.29, 0.717) is 17.3 Å². The molecule has 0 fully saturated rings. The van der Waals surface area contributed by atoms with Crippen molar-refractivity contribution in [2.24, 2.45) is 0 Å². The Kier molecular flexibility index (Phi) is 3.96. The van der Waals surface area contributed by atoms with Crippen molar-refractivity contribution in [2.75, 3.05) is 0 Å². The van der Waals surface area contributed by atoms with Crippen LogP contribution in [0.3, 0.4) is 0 Å². The molecule has 1 unspecified atom stereocenters. The number of nitro benzene ring substituents is 1. The highest BCUT2D eigenvalue weighted by Crippen LogP contribution is 2.43. The normalized spacial score (nSPS) is 19.2. The SMILES string of the molecule is CC1C[C@@H](OC(=O)c2ccc([N+](=O)[O-])cc2)c2ncnc(Cl)c21. The number of rotatable bonds is 3. The van der Waals surface area contributed by atoms with Gasteiger partial charge in [0.15, 0.2) is 0 Å². The van der Waals surface area contributed by atoms with E-state index in [0.717, 1.165) is 5.56 Å². The molecule has 1 aliphatic carbocycles. The number of carbonyl (C=O) groups excluding carboxylic acids is 1. The highest BCUT2D eigenvalue weighted by molar-refractivity contribution is 6.30. The number of halogens is 1. The van der Waals surface area contributed by atoms with Crippen molar-refractivity contribution in [3.63, 3.8) is 0 Å². The zero-order valence-corrected chi connectivity index (χ0v) is 12.9. The predicted octanol–water partition coefficient (Wildman–Crippen LogP) is 3.44. The van der Waals surface area contributed by atoms with Crippen LogP contribution in [0.25, 0.3) is 0 Å². The van der Waals surface area contributed by atoms with Crippen LogP contribution in [0.1, 0.15) is 47.0 Å². The summed E-state index contributed by atoms with van der Waals surface area (Å²) in [5.74, 6) is -0.465. The van der Waals surface area contributed by atoms with Crippen molar-refractivity contribution < 1.29 is 14.5 Å². The summed E-state index contributed by atoms with van der Waals surface area (Å²) in [6, 6.07) is 5.27. The summed E-state index contributed by atoms with van der Waals surface area (Å²) >= 11 is 6.08. The lowest BCUT2D eigenvalue weighted by atomic mass is 10.1. The molecule has 0 N–H and O–H groups in total. The molecule has 0 aliphatic heterocycles. The molecule has 2 aromatic rings. The number of benzene rings is 1. The Labute approximate surface area is 136 Å². The highest BCUT2D eigenvalue weighted by Gasteiger charge is 2.35. The molecule has 8 heteroatoms. The summed E-state index contributed by atoms with van der Waals surface area (Å²) < 4.78 is 5.49. The van der Waals surface area contributed by atoms with Crippen LogP contribution < -0.4 is 0 Å². The molecule has 0 bridgehead atoms. The van der Waals surface area contributed by atoms with Crippen LogP contribution in [0.2, 0.25) is 5.15 Å². The summed E-state index contributed by atoms with van der Waals surface area (Å²) in [5, 5.41) is 11.0. The lowest BCUT2D eigenvalue weighted by Crippen LogP contribution is -2.11. The molecule has 1 aromatic carbocycles. The van der Waals surface area contributed by atoms with E-state index in [2.05, 4.69) is 9.97 Å². The van der Waals surface area contributed by atoms with E-state index in [1.54, 1.807) is 0 Å². The van der Waals surface area contributed by atoms with Gasteiger partial charge in [0, 0.05) is 17.7 Å². The Balaban J connectivity index is 1.79. The lowest BCUT2D eigenvalue weighted by Gasteiger charge is -2.12. The Morgan fingerprint density at radius 2 is 2.04 bits per heavy atom. The fourth-order valence-electron chi connectivity index (χ4n) is 2.67. The molecule has 2 atom stereocenters. The number of nitrogens with zero attached hydrogens (tertiary/aromatic N) is 3. The number of fused-ring (bicyclic) bond motifs is 1. The van der Waals surface area contributed by atoms with Crippen molar-refractivity contribution in [3.8, 4) is 0 Å². The van der Waals surface area contributed by atoms with Crippen molar-refractivity contribution in [1.82, 2.24) is 9.97 Å². The number of non-ortho nitro benzene ring substituents is 1. The lowest BCUT2D eigenvalue weighted by molar-refractivity contribution is -0.384. The third-order valence-corrected chi connectivity index (χ3v) is 4.10. The number of esters is 1. The number of aromatic nitrogens is 2. The van der Waals surface area contributed by atoms with Crippen LogP contribution in [-0.4, -0.2) is 20.9 Å². The van der Waals surface area contributed by atoms with Gasteiger partial charge in [-0.25, -0.2) is 14.8 Å². The average Bonchev–Trinajstić information content (AvgIpc) is 2.84. The minimum atomic E-state index is -0.556. The van der Waals surface area contributed by atoms with Gasteiger partial charge in [-0.3, -0.25) is 10.1 Å². The fraction of sp³-hybridized carbons (Fsp3) is 0.267. The topological polar surface area (TPSA) is 95.2 Å². The third kappa shape index (κ3) is 2.87. The van der Waals surface area contributed by atoms with Crippen LogP contribution >= 0.6 is 11.6 Å². The van der Waals surface area contributed by atoms with Gasteiger partial charge in [-0.2, -0.15) is 0 Å². The molecule has 3 rings (SSSR count). The molecule has 118 valence electrons. The maximum Gasteiger partial charge on any atom is 0.338 e. The molecule has 0 amide bonds. The van der Waals surface area contributed by atoms with Gasteiger partial charge in [-0.15, -0.1) is 0 Å². The van der Waals surface area contributed by atoms with Crippen molar-refractivity contribution in [1.29, 1.82) is 0 Å². The van der Waals surface area contributed by atoms with Gasteiger partial charge in [0.25, 0.3) is 5.69 Å². The maximum absolute atomic E-state index is 12.2. The first-order valence-electron chi connectivity index (χ1n) is 6.93. The first kappa shape index (κ1) is 15.4. The second kappa shape index (κ2) is 5.92. The molecule has 1 aromatic heterocycles. The van der Waals surface area contributed by atoms with Crippen LogP contribution in [0.15, 0.2) is 30.6 Å². The zero-order chi connectivity index (χ0) is 16.6. The van der Waals surface area contributed by atoms with Gasteiger partial charge < -0.3 is 4.74 Å². The molecule has 0 saturated heterocycles. The number of hydrogen-bond donors (Lipinski definition) is 0. The number of ether oxygens (including phenoxy) is 1. The first-order valence-corrected chi connectivity index (χ1v) is 7.31. The number of carbonyl (C=O) groups is 1. The van der Waals surface area contributed by atoms with E-state index < -0.39 is 17.0 Å². The van der Waals surface area contributed by atoms with Gasteiger partial charge in [-0.05, 0) is 24.5 Å². The van der Waals surface area contributed by atoms with Gasteiger partial charge in [0.2, 0.25) is 0 Å². The molecule has 0 spiro atoms. The quantitative estimate of drug-likeness (QED) is 0.369. The molecule has 7 nitrogen and oxygen atoms in total. The molecular weight excluding hydrogens is 322 g/mol. The van der Waals surface area contributed by atoms with E-state index in [4.69, 9.17) is 16.3 Å². The van der Waals surface area contributed by atoms with E-state index in [1.165, 1.54) is 30.6 Å². The standard InChI is InChI=1S/C15H12ClN3O4/c1-8-6-11(13-12(8)14(16)18-7-17-13)23-15(20)9-2-4-10(5-3-9)19(21)22/h2-5,7-8,11H,6H2,1H3/t8?,11-/m1/s1. The van der Waals surface area contributed by atoms with E-state index in [9.17, 15) is 14.9 Å². The molecule has 0 radical (unpaired) electrons. The van der Waals surface area contributed by atoms with E-state index >= 15 is 0 Å². The molecule has 23 heavy (non-hydrogen) atoms.